The van der Waals surface area contributed by atoms with E-state index in [2.05, 4.69) is 17.2 Å². The molecule has 0 aliphatic carbocycles. The molecular weight excluding hydrogens is 274 g/mol. The molecule has 0 radical (unpaired) electrons. The van der Waals surface area contributed by atoms with Crippen molar-refractivity contribution in [2.45, 2.75) is 26.3 Å². The van der Waals surface area contributed by atoms with Crippen LogP contribution >= 0.6 is 0 Å². The summed E-state index contributed by atoms with van der Waals surface area (Å²) in [6.07, 6.45) is 7.61. The van der Waals surface area contributed by atoms with E-state index >= 15 is 0 Å². The number of Topliss-reactive ketones (excluding diaryl/α,β-unsaturated/α-hetero) is 1. The van der Waals surface area contributed by atoms with Crippen molar-refractivity contribution in [3.63, 3.8) is 0 Å². The van der Waals surface area contributed by atoms with Crippen molar-refractivity contribution < 1.29 is 4.79 Å². The van der Waals surface area contributed by atoms with Gasteiger partial charge in [0.1, 0.15) is 0 Å². The highest BCUT2D eigenvalue weighted by Gasteiger charge is 2.42. The zero-order valence-electron chi connectivity index (χ0n) is 13.0. The molecule has 22 heavy (non-hydrogen) atoms. The minimum Gasteiger partial charge on any atom is -0.336 e. The lowest BCUT2D eigenvalue weighted by Crippen LogP contribution is -2.44. The van der Waals surface area contributed by atoms with E-state index in [-0.39, 0.29) is 5.78 Å². The summed E-state index contributed by atoms with van der Waals surface area (Å²) < 4.78 is 2.03. The lowest BCUT2D eigenvalue weighted by Gasteiger charge is -2.39. The fourth-order valence-electron chi connectivity index (χ4n) is 3.52. The zero-order chi connectivity index (χ0) is 15.4. The first-order valence-electron chi connectivity index (χ1n) is 7.96. The maximum Gasteiger partial charge on any atom is 0.170 e. The second kappa shape index (κ2) is 6.44. The number of hydrogen-bond donors (Lipinski definition) is 1. The van der Waals surface area contributed by atoms with E-state index in [1.165, 1.54) is 0 Å². The van der Waals surface area contributed by atoms with E-state index in [9.17, 15) is 4.79 Å². The van der Waals surface area contributed by atoms with Crippen LogP contribution in [0, 0.1) is 11.3 Å². The van der Waals surface area contributed by atoms with Gasteiger partial charge in [-0.25, -0.2) is 4.98 Å². The van der Waals surface area contributed by atoms with Crippen molar-refractivity contribution in [2.24, 2.45) is 11.3 Å². The number of hydrogen-bond acceptors (Lipinski definition) is 3. The van der Waals surface area contributed by atoms with Crippen LogP contribution in [0.1, 0.15) is 30.1 Å². The summed E-state index contributed by atoms with van der Waals surface area (Å²) in [7, 11) is 0. The molecule has 0 spiro atoms. The molecule has 2 aromatic rings. The Bertz CT molecular complexity index is 603. The topological polar surface area (TPSA) is 46.9 Å². The van der Waals surface area contributed by atoms with Gasteiger partial charge in [-0.15, -0.1) is 0 Å². The molecule has 4 heteroatoms. The molecule has 1 aromatic heterocycles. The predicted octanol–water partition coefficient (Wildman–Crippen LogP) is 2.77. The standard InChI is InChI=1S/C18H23N3O/c1-18(13-21-12-11-20-14-21,16-7-9-19-10-8-16)17(22)15-5-3-2-4-6-15/h2-6,11-12,14,16,19H,7-10,13H2,1H3. The van der Waals surface area contributed by atoms with E-state index in [0.717, 1.165) is 31.5 Å². The summed E-state index contributed by atoms with van der Waals surface area (Å²) in [4.78, 5) is 17.4. The molecule has 0 amide bonds. The van der Waals surface area contributed by atoms with Crippen molar-refractivity contribution in [3.8, 4) is 0 Å². The van der Waals surface area contributed by atoms with E-state index in [4.69, 9.17) is 0 Å². The SMILES string of the molecule is CC(Cn1ccnc1)(C(=O)c1ccccc1)C1CCNCC1. The van der Waals surface area contributed by atoms with Crippen LogP contribution in [0.4, 0.5) is 0 Å². The zero-order valence-corrected chi connectivity index (χ0v) is 13.0. The van der Waals surface area contributed by atoms with Crippen LogP contribution in [0.5, 0.6) is 0 Å². The highest BCUT2D eigenvalue weighted by atomic mass is 16.1. The lowest BCUT2D eigenvalue weighted by atomic mass is 9.68. The van der Waals surface area contributed by atoms with Crippen LogP contribution in [0.2, 0.25) is 0 Å². The largest absolute Gasteiger partial charge is 0.336 e. The Balaban J connectivity index is 1.92. The minimum absolute atomic E-state index is 0.244. The summed E-state index contributed by atoms with van der Waals surface area (Å²) in [6, 6.07) is 9.68. The van der Waals surface area contributed by atoms with Gasteiger partial charge in [0.2, 0.25) is 0 Å². The van der Waals surface area contributed by atoms with Gasteiger partial charge in [-0.1, -0.05) is 37.3 Å². The average molecular weight is 297 g/mol. The number of aromatic nitrogens is 2. The molecule has 4 nitrogen and oxygen atoms in total. The molecule has 1 aliphatic heterocycles. The van der Waals surface area contributed by atoms with Gasteiger partial charge in [-0.2, -0.15) is 0 Å². The van der Waals surface area contributed by atoms with E-state index in [1.807, 2.05) is 41.1 Å². The Morgan fingerprint density at radius 1 is 1.32 bits per heavy atom. The fourth-order valence-corrected chi connectivity index (χ4v) is 3.52. The molecule has 116 valence electrons. The minimum atomic E-state index is -0.399. The molecular formula is C18H23N3O. The van der Waals surface area contributed by atoms with Gasteiger partial charge >= 0.3 is 0 Å². The van der Waals surface area contributed by atoms with Gasteiger partial charge in [0.05, 0.1) is 11.7 Å². The number of nitrogens with zero attached hydrogens (tertiary/aromatic N) is 2. The molecule has 0 saturated carbocycles. The van der Waals surface area contributed by atoms with Gasteiger partial charge in [0.25, 0.3) is 0 Å². The first-order valence-corrected chi connectivity index (χ1v) is 7.96. The second-order valence-electron chi connectivity index (χ2n) is 6.37. The van der Waals surface area contributed by atoms with Crippen molar-refractivity contribution >= 4 is 5.78 Å². The lowest BCUT2D eigenvalue weighted by molar-refractivity contribution is 0.0601. The number of benzene rings is 1. The van der Waals surface area contributed by atoms with Crippen LogP contribution in [0.3, 0.4) is 0 Å². The van der Waals surface area contributed by atoms with Crippen molar-refractivity contribution in [2.75, 3.05) is 13.1 Å². The Morgan fingerprint density at radius 3 is 2.68 bits per heavy atom. The van der Waals surface area contributed by atoms with Crippen LogP contribution < -0.4 is 5.32 Å². The van der Waals surface area contributed by atoms with Crippen molar-refractivity contribution in [1.82, 2.24) is 14.9 Å². The number of piperidine rings is 1. The summed E-state index contributed by atoms with van der Waals surface area (Å²) in [5.41, 5.74) is 0.410. The Kier molecular flexibility index (Phi) is 4.39. The van der Waals surface area contributed by atoms with E-state index in [0.29, 0.717) is 12.5 Å². The molecule has 1 N–H and O–H groups in total. The van der Waals surface area contributed by atoms with Crippen LogP contribution in [-0.4, -0.2) is 28.4 Å². The van der Waals surface area contributed by atoms with Gasteiger partial charge in [0.15, 0.2) is 5.78 Å². The van der Waals surface area contributed by atoms with Crippen LogP contribution in [0.15, 0.2) is 49.1 Å². The monoisotopic (exact) mass is 297 g/mol. The molecule has 0 bridgehead atoms. The molecule has 1 fully saturated rings. The quantitative estimate of drug-likeness (QED) is 0.863. The number of imidazole rings is 1. The Morgan fingerprint density at radius 2 is 2.05 bits per heavy atom. The third-order valence-corrected chi connectivity index (χ3v) is 4.87. The maximum atomic E-state index is 13.2. The van der Waals surface area contributed by atoms with Gasteiger partial charge in [-0.3, -0.25) is 4.79 Å². The Labute approximate surface area is 131 Å². The van der Waals surface area contributed by atoms with Gasteiger partial charge in [-0.05, 0) is 31.8 Å². The number of ketones is 1. The van der Waals surface area contributed by atoms with E-state index in [1.54, 1.807) is 12.5 Å². The highest BCUT2D eigenvalue weighted by Crippen LogP contribution is 2.38. The molecule has 1 aromatic carbocycles. The van der Waals surface area contributed by atoms with Crippen molar-refractivity contribution in [3.05, 3.63) is 54.6 Å². The third-order valence-electron chi connectivity index (χ3n) is 4.87. The Hall–Kier alpha value is -1.94. The molecule has 2 heterocycles. The predicted molar refractivity (Wildman–Crippen MR) is 86.7 cm³/mol. The summed E-state index contributed by atoms with van der Waals surface area (Å²) in [5.74, 6) is 0.637. The van der Waals surface area contributed by atoms with Gasteiger partial charge in [0, 0.05) is 24.5 Å². The number of rotatable bonds is 5. The van der Waals surface area contributed by atoms with Crippen molar-refractivity contribution in [1.29, 1.82) is 0 Å². The van der Waals surface area contributed by atoms with Crippen LogP contribution in [-0.2, 0) is 6.54 Å². The number of nitrogens with one attached hydrogen (secondary N) is 1. The summed E-state index contributed by atoms with van der Waals surface area (Å²) >= 11 is 0. The number of carbonyl (C=O) groups excluding carboxylic acids is 1. The molecule has 1 saturated heterocycles. The third kappa shape index (κ3) is 2.97. The fraction of sp³-hybridized carbons (Fsp3) is 0.444. The molecule has 3 rings (SSSR count). The summed E-state index contributed by atoms with van der Waals surface area (Å²) in [6.45, 7) is 4.79. The molecule has 1 unspecified atom stereocenters. The normalized spacial score (nSPS) is 18.8. The van der Waals surface area contributed by atoms with E-state index < -0.39 is 5.41 Å². The maximum absolute atomic E-state index is 13.2. The molecule has 1 aliphatic rings. The first kappa shape index (κ1) is 15.0. The smallest absolute Gasteiger partial charge is 0.170 e. The van der Waals surface area contributed by atoms with Crippen LogP contribution in [0.25, 0.3) is 0 Å². The first-order chi connectivity index (χ1) is 10.7. The highest BCUT2D eigenvalue weighted by molar-refractivity contribution is 6.00. The second-order valence-corrected chi connectivity index (χ2v) is 6.37. The molecule has 1 atom stereocenters. The van der Waals surface area contributed by atoms with Gasteiger partial charge < -0.3 is 9.88 Å². The average Bonchev–Trinajstić information content (AvgIpc) is 3.08. The summed E-state index contributed by atoms with van der Waals surface area (Å²) in [5, 5.41) is 3.39. The number of carbonyl (C=O) groups is 1.